The van der Waals surface area contributed by atoms with Gasteiger partial charge in [-0.1, -0.05) is 0 Å². The van der Waals surface area contributed by atoms with Crippen molar-refractivity contribution in [2.24, 2.45) is 0 Å². The van der Waals surface area contributed by atoms with Crippen LogP contribution in [0, 0.1) is 5.82 Å². The molecular formula is C12H15FN2O2S. The number of aromatic carboxylic acids is 1. The zero-order chi connectivity index (χ0) is 13.1. The molecular weight excluding hydrogens is 255 g/mol. The van der Waals surface area contributed by atoms with Crippen LogP contribution in [0.2, 0.25) is 0 Å². The molecule has 0 saturated carbocycles. The minimum absolute atomic E-state index is 0.265. The smallest absolute Gasteiger partial charge is 0.338 e. The van der Waals surface area contributed by atoms with Gasteiger partial charge in [0.25, 0.3) is 0 Å². The maximum absolute atomic E-state index is 13.6. The lowest BCUT2D eigenvalue weighted by atomic mass is 10.1. The Hall–Kier alpha value is -1.43. The highest BCUT2D eigenvalue weighted by Gasteiger charge is 2.17. The van der Waals surface area contributed by atoms with Gasteiger partial charge in [0.15, 0.2) is 0 Å². The average Bonchev–Trinajstić information content (AvgIpc) is 2.34. The summed E-state index contributed by atoms with van der Waals surface area (Å²) >= 11 is 1.85. The van der Waals surface area contributed by atoms with Crippen LogP contribution in [0.3, 0.4) is 0 Å². The summed E-state index contributed by atoms with van der Waals surface area (Å²) in [5.74, 6) is 0.0449. The highest BCUT2D eigenvalue weighted by Crippen LogP contribution is 2.27. The van der Waals surface area contributed by atoms with Crippen LogP contribution in [0.1, 0.15) is 23.2 Å². The number of anilines is 2. The Kier molecular flexibility index (Phi) is 3.96. The molecule has 98 valence electrons. The van der Waals surface area contributed by atoms with Crippen molar-refractivity contribution in [2.45, 2.75) is 18.9 Å². The van der Waals surface area contributed by atoms with Crippen molar-refractivity contribution in [1.82, 2.24) is 0 Å². The van der Waals surface area contributed by atoms with Crippen molar-refractivity contribution in [1.29, 1.82) is 0 Å². The highest BCUT2D eigenvalue weighted by molar-refractivity contribution is 7.99. The molecule has 1 saturated heterocycles. The molecule has 1 aromatic rings. The summed E-state index contributed by atoms with van der Waals surface area (Å²) in [7, 11) is 0. The molecule has 18 heavy (non-hydrogen) atoms. The Balaban J connectivity index is 2.18. The molecule has 2 rings (SSSR count). The summed E-state index contributed by atoms with van der Waals surface area (Å²) in [5.41, 5.74) is 6.10. The molecule has 0 aromatic heterocycles. The predicted molar refractivity (Wildman–Crippen MR) is 71.7 cm³/mol. The number of carbonyl (C=O) groups is 1. The molecule has 0 spiro atoms. The quantitative estimate of drug-likeness (QED) is 0.735. The first-order chi connectivity index (χ1) is 8.58. The van der Waals surface area contributed by atoms with E-state index in [0.717, 1.165) is 36.5 Å². The number of rotatable bonds is 3. The predicted octanol–water partition coefficient (Wildman–Crippen LogP) is 2.41. The maximum atomic E-state index is 13.6. The number of hydrogen-bond donors (Lipinski definition) is 3. The van der Waals surface area contributed by atoms with Gasteiger partial charge in [0.1, 0.15) is 5.82 Å². The Morgan fingerprint density at radius 2 is 2.33 bits per heavy atom. The molecule has 0 bridgehead atoms. The van der Waals surface area contributed by atoms with E-state index in [2.05, 4.69) is 5.32 Å². The van der Waals surface area contributed by atoms with Crippen LogP contribution in [0.5, 0.6) is 0 Å². The standard InChI is InChI=1S/C12H15FN2O2S/c13-9-5-11(10(14)4-8(9)12(16)17)15-7-2-1-3-18-6-7/h4-5,7,15H,1-3,6,14H2,(H,16,17). The van der Waals surface area contributed by atoms with Crippen LogP contribution < -0.4 is 11.1 Å². The summed E-state index contributed by atoms with van der Waals surface area (Å²) in [5, 5.41) is 12.0. The Morgan fingerprint density at radius 3 is 2.94 bits per heavy atom. The van der Waals surface area contributed by atoms with Crippen molar-refractivity contribution in [3.8, 4) is 0 Å². The first-order valence-corrected chi connectivity index (χ1v) is 6.90. The molecule has 1 aliphatic rings. The van der Waals surface area contributed by atoms with E-state index in [1.807, 2.05) is 11.8 Å². The first-order valence-electron chi connectivity index (χ1n) is 5.74. The summed E-state index contributed by atoms with van der Waals surface area (Å²) in [6, 6.07) is 2.59. The molecule has 1 fully saturated rings. The van der Waals surface area contributed by atoms with E-state index in [-0.39, 0.29) is 11.7 Å². The number of halogens is 1. The summed E-state index contributed by atoms with van der Waals surface area (Å²) in [4.78, 5) is 10.8. The third-order valence-corrected chi connectivity index (χ3v) is 4.10. The number of carboxylic acids is 1. The van der Waals surface area contributed by atoms with E-state index in [1.54, 1.807) is 0 Å². The summed E-state index contributed by atoms with van der Waals surface area (Å²) in [6.07, 6.45) is 2.15. The zero-order valence-electron chi connectivity index (χ0n) is 9.78. The lowest BCUT2D eigenvalue weighted by molar-refractivity contribution is 0.0692. The second-order valence-electron chi connectivity index (χ2n) is 4.28. The van der Waals surface area contributed by atoms with Crippen molar-refractivity contribution in [3.05, 3.63) is 23.5 Å². The lowest BCUT2D eigenvalue weighted by Crippen LogP contribution is -2.26. The van der Waals surface area contributed by atoms with Crippen LogP contribution in [-0.2, 0) is 0 Å². The second-order valence-corrected chi connectivity index (χ2v) is 5.43. The van der Waals surface area contributed by atoms with E-state index in [4.69, 9.17) is 10.8 Å². The van der Waals surface area contributed by atoms with Gasteiger partial charge in [0.05, 0.1) is 16.9 Å². The molecule has 1 aliphatic heterocycles. The third kappa shape index (κ3) is 2.87. The SMILES string of the molecule is Nc1cc(C(=O)O)c(F)cc1NC1CCCSC1. The summed E-state index contributed by atoms with van der Waals surface area (Å²) < 4.78 is 13.6. The number of thioether (sulfide) groups is 1. The lowest BCUT2D eigenvalue weighted by Gasteiger charge is -2.24. The maximum Gasteiger partial charge on any atom is 0.338 e. The van der Waals surface area contributed by atoms with Crippen molar-refractivity contribution in [2.75, 3.05) is 22.6 Å². The molecule has 0 aliphatic carbocycles. The molecule has 1 atom stereocenters. The average molecular weight is 270 g/mol. The highest BCUT2D eigenvalue weighted by atomic mass is 32.2. The minimum atomic E-state index is -1.31. The van der Waals surface area contributed by atoms with Gasteiger partial charge in [-0.3, -0.25) is 0 Å². The van der Waals surface area contributed by atoms with Gasteiger partial charge in [0, 0.05) is 11.8 Å². The number of hydrogen-bond acceptors (Lipinski definition) is 4. The molecule has 0 amide bonds. The van der Waals surface area contributed by atoms with E-state index >= 15 is 0 Å². The fourth-order valence-electron chi connectivity index (χ4n) is 1.95. The Bertz CT molecular complexity index is 462. The van der Waals surface area contributed by atoms with E-state index in [1.165, 1.54) is 0 Å². The minimum Gasteiger partial charge on any atom is -0.478 e. The van der Waals surface area contributed by atoms with Gasteiger partial charge >= 0.3 is 5.97 Å². The normalized spacial score (nSPS) is 19.5. The number of nitrogens with one attached hydrogen (secondary N) is 1. The fourth-order valence-corrected chi connectivity index (χ4v) is 3.03. The molecule has 1 aromatic carbocycles. The number of benzene rings is 1. The molecule has 4 N–H and O–H groups in total. The van der Waals surface area contributed by atoms with Crippen LogP contribution in [0.15, 0.2) is 12.1 Å². The Labute approximate surface area is 109 Å². The van der Waals surface area contributed by atoms with Crippen molar-refractivity contribution in [3.63, 3.8) is 0 Å². The largest absolute Gasteiger partial charge is 0.478 e. The first kappa shape index (κ1) is 13.0. The monoisotopic (exact) mass is 270 g/mol. The topological polar surface area (TPSA) is 75.4 Å². The van der Waals surface area contributed by atoms with E-state index in [0.29, 0.717) is 5.69 Å². The van der Waals surface area contributed by atoms with Gasteiger partial charge in [-0.15, -0.1) is 0 Å². The fraction of sp³-hybridized carbons (Fsp3) is 0.417. The number of carboxylic acid groups (broad SMARTS) is 1. The second kappa shape index (κ2) is 5.48. The van der Waals surface area contributed by atoms with Gasteiger partial charge in [-0.2, -0.15) is 11.8 Å². The van der Waals surface area contributed by atoms with E-state index in [9.17, 15) is 9.18 Å². The van der Waals surface area contributed by atoms with Crippen LogP contribution in [0.4, 0.5) is 15.8 Å². The molecule has 1 heterocycles. The van der Waals surface area contributed by atoms with Crippen molar-refractivity contribution >= 4 is 29.1 Å². The molecule has 6 heteroatoms. The number of nitrogens with two attached hydrogens (primary N) is 1. The van der Waals surface area contributed by atoms with Gasteiger partial charge in [-0.25, -0.2) is 9.18 Å². The molecule has 4 nitrogen and oxygen atoms in total. The Morgan fingerprint density at radius 1 is 1.56 bits per heavy atom. The van der Waals surface area contributed by atoms with E-state index < -0.39 is 17.3 Å². The zero-order valence-corrected chi connectivity index (χ0v) is 10.6. The van der Waals surface area contributed by atoms with Crippen molar-refractivity contribution < 1.29 is 14.3 Å². The van der Waals surface area contributed by atoms with Crippen LogP contribution in [-0.4, -0.2) is 28.6 Å². The van der Waals surface area contributed by atoms with Crippen LogP contribution >= 0.6 is 11.8 Å². The third-order valence-electron chi connectivity index (χ3n) is 2.89. The number of nitrogen functional groups attached to an aromatic ring is 1. The molecule has 1 unspecified atom stereocenters. The van der Waals surface area contributed by atoms with Crippen LogP contribution in [0.25, 0.3) is 0 Å². The van der Waals surface area contributed by atoms with Gasteiger partial charge < -0.3 is 16.2 Å². The molecule has 0 radical (unpaired) electrons. The van der Waals surface area contributed by atoms with Gasteiger partial charge in [-0.05, 0) is 30.7 Å². The van der Waals surface area contributed by atoms with Gasteiger partial charge in [0.2, 0.25) is 0 Å². The summed E-state index contributed by atoms with van der Waals surface area (Å²) in [6.45, 7) is 0.